The fourth-order valence-corrected chi connectivity index (χ4v) is 3.01. The van der Waals surface area contributed by atoms with Crippen molar-refractivity contribution in [1.82, 2.24) is 9.80 Å². The van der Waals surface area contributed by atoms with Crippen LogP contribution in [0.4, 0.5) is 0 Å². The quantitative estimate of drug-likeness (QED) is 0.623. The molecule has 14 heavy (non-hydrogen) atoms. The van der Waals surface area contributed by atoms with E-state index in [0.29, 0.717) is 0 Å². The molecule has 1 aliphatic heterocycles. The second-order valence-corrected chi connectivity index (χ2v) is 4.82. The van der Waals surface area contributed by atoms with Crippen LogP contribution in [0, 0.1) is 5.92 Å². The van der Waals surface area contributed by atoms with Crippen LogP contribution in [-0.2, 0) is 4.79 Å². The van der Waals surface area contributed by atoms with Crippen LogP contribution in [0.5, 0.6) is 0 Å². The number of carbonyl (C=O) groups is 1. The minimum atomic E-state index is 0.216. The fraction of sp³-hybridized carbons (Fsp3) is 0.909. The number of amides is 1. The molecule has 80 valence electrons. The van der Waals surface area contributed by atoms with Gasteiger partial charge in [0.25, 0.3) is 0 Å². The normalized spacial score (nSPS) is 37.6. The predicted octanol–water partition coefficient (Wildman–Crippen LogP) is 0.949. The summed E-state index contributed by atoms with van der Waals surface area (Å²) in [5.74, 6) is 1.00. The lowest BCUT2D eigenvalue weighted by atomic mass is 10.1. The van der Waals surface area contributed by atoms with E-state index in [0.717, 1.165) is 25.6 Å². The van der Waals surface area contributed by atoms with Crippen LogP contribution in [0.15, 0.2) is 0 Å². The lowest BCUT2D eigenvalue weighted by Gasteiger charge is -2.41. The second-order valence-electron chi connectivity index (χ2n) is 4.82. The van der Waals surface area contributed by atoms with Crippen molar-refractivity contribution in [3.63, 3.8) is 0 Å². The summed E-state index contributed by atoms with van der Waals surface area (Å²) in [5.41, 5.74) is 0.216. The Kier molecular flexibility index (Phi) is 2.30. The Morgan fingerprint density at radius 1 is 1.50 bits per heavy atom. The number of piperazine rings is 1. The van der Waals surface area contributed by atoms with E-state index >= 15 is 0 Å². The molecule has 0 radical (unpaired) electrons. The van der Waals surface area contributed by atoms with Crippen molar-refractivity contribution >= 4 is 5.91 Å². The van der Waals surface area contributed by atoms with Gasteiger partial charge in [0.1, 0.15) is 0 Å². The highest BCUT2D eigenvalue weighted by molar-refractivity contribution is 5.75. The molecule has 0 aromatic heterocycles. The Morgan fingerprint density at radius 3 is 2.71 bits per heavy atom. The van der Waals surface area contributed by atoms with Crippen molar-refractivity contribution in [2.45, 2.75) is 32.2 Å². The number of rotatable bonds is 1. The zero-order chi connectivity index (χ0) is 10.3. The largest absolute Gasteiger partial charge is 0.334 e. The summed E-state index contributed by atoms with van der Waals surface area (Å²) in [6, 6.07) is 0. The van der Waals surface area contributed by atoms with E-state index in [4.69, 9.17) is 0 Å². The molecule has 2 fully saturated rings. The summed E-state index contributed by atoms with van der Waals surface area (Å²) in [7, 11) is 2.16. The summed E-state index contributed by atoms with van der Waals surface area (Å²) in [6.45, 7) is 6.95. The Balaban J connectivity index is 2.14. The SMILES string of the molecule is CCC1CC12CN(C)CCN2C(C)=O. The first-order valence-electron chi connectivity index (χ1n) is 5.57. The molecular formula is C11H20N2O. The number of likely N-dealkylation sites (N-methyl/N-ethyl adjacent to an activating group) is 1. The molecule has 2 rings (SSSR count). The summed E-state index contributed by atoms with van der Waals surface area (Å²) in [4.78, 5) is 16.0. The summed E-state index contributed by atoms with van der Waals surface area (Å²) < 4.78 is 0. The van der Waals surface area contributed by atoms with Gasteiger partial charge in [0.05, 0.1) is 5.54 Å². The molecule has 3 nitrogen and oxygen atoms in total. The smallest absolute Gasteiger partial charge is 0.220 e. The number of hydrogen-bond donors (Lipinski definition) is 0. The van der Waals surface area contributed by atoms with Gasteiger partial charge in [-0.1, -0.05) is 13.3 Å². The van der Waals surface area contributed by atoms with Crippen LogP contribution in [0.25, 0.3) is 0 Å². The van der Waals surface area contributed by atoms with Crippen molar-refractivity contribution in [2.75, 3.05) is 26.7 Å². The molecular weight excluding hydrogens is 176 g/mol. The highest BCUT2D eigenvalue weighted by atomic mass is 16.2. The van der Waals surface area contributed by atoms with Gasteiger partial charge in [-0.3, -0.25) is 4.79 Å². The molecule has 0 aromatic rings. The maximum atomic E-state index is 11.5. The molecule has 1 saturated heterocycles. The van der Waals surface area contributed by atoms with Crippen molar-refractivity contribution < 1.29 is 4.79 Å². The molecule has 0 bridgehead atoms. The molecule has 1 spiro atoms. The number of hydrogen-bond acceptors (Lipinski definition) is 2. The highest BCUT2D eigenvalue weighted by Gasteiger charge is 2.59. The first kappa shape index (κ1) is 9.97. The number of nitrogens with zero attached hydrogens (tertiary/aromatic N) is 2. The average Bonchev–Trinajstić information content (AvgIpc) is 2.78. The van der Waals surface area contributed by atoms with E-state index in [-0.39, 0.29) is 11.4 Å². The van der Waals surface area contributed by atoms with Gasteiger partial charge in [0, 0.05) is 26.6 Å². The summed E-state index contributed by atoms with van der Waals surface area (Å²) in [5, 5.41) is 0. The summed E-state index contributed by atoms with van der Waals surface area (Å²) >= 11 is 0. The minimum Gasteiger partial charge on any atom is -0.334 e. The topological polar surface area (TPSA) is 23.6 Å². The average molecular weight is 196 g/mol. The Bertz CT molecular complexity index is 254. The highest BCUT2D eigenvalue weighted by Crippen LogP contribution is 2.52. The Labute approximate surface area is 86.1 Å². The first-order chi connectivity index (χ1) is 6.60. The van der Waals surface area contributed by atoms with E-state index in [2.05, 4.69) is 23.8 Å². The van der Waals surface area contributed by atoms with Gasteiger partial charge < -0.3 is 9.80 Å². The second kappa shape index (κ2) is 3.23. The fourth-order valence-electron chi connectivity index (χ4n) is 3.01. The zero-order valence-corrected chi connectivity index (χ0v) is 9.42. The third-order valence-corrected chi connectivity index (χ3v) is 3.86. The Morgan fingerprint density at radius 2 is 2.21 bits per heavy atom. The van der Waals surface area contributed by atoms with Gasteiger partial charge in [-0.2, -0.15) is 0 Å². The molecule has 0 aromatic carbocycles. The minimum absolute atomic E-state index is 0.216. The van der Waals surface area contributed by atoms with Gasteiger partial charge in [0.15, 0.2) is 0 Å². The predicted molar refractivity (Wildman–Crippen MR) is 56.0 cm³/mol. The molecule has 1 amide bonds. The molecule has 0 N–H and O–H groups in total. The van der Waals surface area contributed by atoms with E-state index in [9.17, 15) is 4.79 Å². The van der Waals surface area contributed by atoms with Crippen LogP contribution in [0.1, 0.15) is 26.7 Å². The standard InChI is InChI=1S/C11H20N2O/c1-4-10-7-11(10)8-12(3)5-6-13(11)9(2)14/h10H,4-8H2,1-3H3. The lowest BCUT2D eigenvalue weighted by molar-refractivity contribution is -0.135. The Hall–Kier alpha value is -0.570. The first-order valence-corrected chi connectivity index (χ1v) is 5.57. The molecule has 2 aliphatic rings. The van der Waals surface area contributed by atoms with Gasteiger partial charge in [0.2, 0.25) is 5.91 Å². The van der Waals surface area contributed by atoms with Gasteiger partial charge in [-0.15, -0.1) is 0 Å². The number of carbonyl (C=O) groups excluding carboxylic acids is 1. The van der Waals surface area contributed by atoms with Crippen LogP contribution < -0.4 is 0 Å². The van der Waals surface area contributed by atoms with Crippen LogP contribution >= 0.6 is 0 Å². The van der Waals surface area contributed by atoms with Gasteiger partial charge in [-0.05, 0) is 19.4 Å². The van der Waals surface area contributed by atoms with E-state index < -0.39 is 0 Å². The van der Waals surface area contributed by atoms with Crippen molar-refractivity contribution in [2.24, 2.45) is 5.92 Å². The summed E-state index contributed by atoms with van der Waals surface area (Å²) in [6.07, 6.45) is 2.42. The third-order valence-electron chi connectivity index (χ3n) is 3.86. The molecule has 1 saturated carbocycles. The lowest BCUT2D eigenvalue weighted by Crippen LogP contribution is -2.56. The van der Waals surface area contributed by atoms with Crippen molar-refractivity contribution in [1.29, 1.82) is 0 Å². The van der Waals surface area contributed by atoms with E-state index in [1.165, 1.54) is 12.8 Å². The van der Waals surface area contributed by atoms with Gasteiger partial charge >= 0.3 is 0 Å². The molecule has 2 unspecified atom stereocenters. The molecule has 3 heteroatoms. The maximum absolute atomic E-state index is 11.5. The zero-order valence-electron chi connectivity index (χ0n) is 9.42. The van der Waals surface area contributed by atoms with Gasteiger partial charge in [-0.25, -0.2) is 0 Å². The maximum Gasteiger partial charge on any atom is 0.220 e. The van der Waals surface area contributed by atoms with E-state index in [1.807, 2.05) is 0 Å². The monoisotopic (exact) mass is 196 g/mol. The molecule has 2 atom stereocenters. The van der Waals surface area contributed by atoms with Crippen molar-refractivity contribution in [3.05, 3.63) is 0 Å². The molecule has 1 aliphatic carbocycles. The van der Waals surface area contributed by atoms with Crippen LogP contribution in [0.2, 0.25) is 0 Å². The van der Waals surface area contributed by atoms with Crippen LogP contribution in [0.3, 0.4) is 0 Å². The van der Waals surface area contributed by atoms with Crippen LogP contribution in [-0.4, -0.2) is 47.9 Å². The van der Waals surface area contributed by atoms with E-state index in [1.54, 1.807) is 6.92 Å². The van der Waals surface area contributed by atoms with Crippen molar-refractivity contribution in [3.8, 4) is 0 Å². The third kappa shape index (κ3) is 1.34. The molecule has 1 heterocycles.